The highest BCUT2D eigenvalue weighted by atomic mass is 28.5. The first-order valence-corrected chi connectivity index (χ1v) is 6.89. The lowest BCUT2D eigenvalue weighted by Gasteiger charge is -2.36. The molecule has 0 bridgehead atoms. The van der Waals surface area contributed by atoms with Crippen molar-refractivity contribution >= 4 is 23.8 Å². The predicted octanol–water partition coefficient (Wildman–Crippen LogP) is 0.107. The minimum absolute atomic E-state index is 0.664. The molecule has 62 valence electrons. The first-order valence-electron chi connectivity index (χ1n) is 3.84. The van der Waals surface area contributed by atoms with Crippen molar-refractivity contribution in [1.29, 1.82) is 0 Å². The van der Waals surface area contributed by atoms with Crippen molar-refractivity contribution in [2.24, 2.45) is 0 Å². The van der Waals surface area contributed by atoms with Gasteiger partial charge in [-0.1, -0.05) is 30.3 Å². The lowest BCUT2D eigenvalue weighted by molar-refractivity contribution is 0.304. The van der Waals surface area contributed by atoms with Gasteiger partial charge in [-0.05, 0) is 10.9 Å². The zero-order valence-corrected chi connectivity index (χ0v) is 9.11. The Morgan fingerprint density at radius 1 is 1.25 bits per heavy atom. The van der Waals surface area contributed by atoms with Gasteiger partial charge in [0.15, 0.2) is 0 Å². The van der Waals surface area contributed by atoms with E-state index in [0.717, 1.165) is 0 Å². The zero-order chi connectivity index (χ0) is 8.44. The molecular weight excluding hydrogens is 184 g/mol. The third kappa shape index (κ3) is 1.09. The van der Waals surface area contributed by atoms with E-state index in [-0.39, 0.29) is 0 Å². The van der Waals surface area contributed by atoms with Crippen LogP contribution in [-0.4, -0.2) is 18.6 Å². The monoisotopic (exact) mass is 194 g/mol. The highest BCUT2D eigenvalue weighted by Crippen LogP contribution is 2.16. The van der Waals surface area contributed by atoms with Gasteiger partial charge >= 0.3 is 8.56 Å². The average molecular weight is 194 g/mol. The minimum Gasteiger partial charge on any atom is -0.414 e. The topological polar surface area (TPSA) is 18.5 Å². The number of hydrogen-bond acceptors (Lipinski definition) is 2. The SMILES string of the molecule is C=C[Si]1(c2ccccc2)O[SiH2]O1. The fourth-order valence-electron chi connectivity index (χ4n) is 1.26. The van der Waals surface area contributed by atoms with Crippen molar-refractivity contribution in [3.05, 3.63) is 42.6 Å². The molecule has 1 fully saturated rings. The van der Waals surface area contributed by atoms with Crippen LogP contribution in [0.2, 0.25) is 0 Å². The molecule has 1 aromatic rings. The first kappa shape index (κ1) is 7.94. The maximum atomic E-state index is 5.59. The van der Waals surface area contributed by atoms with Crippen molar-refractivity contribution in [1.82, 2.24) is 0 Å². The van der Waals surface area contributed by atoms with E-state index < -0.39 is 18.6 Å². The standard InChI is InChI=1S/C8H10O2Si2/c1-2-12(9-11-10-12)8-6-4-3-5-7-8/h2-7H,1,11H2. The maximum Gasteiger partial charge on any atom is 0.380 e. The first-order chi connectivity index (χ1) is 5.87. The molecule has 1 heterocycles. The van der Waals surface area contributed by atoms with Crippen LogP contribution in [0.25, 0.3) is 0 Å². The minimum atomic E-state index is -2.07. The highest BCUT2D eigenvalue weighted by molar-refractivity contribution is 6.94. The number of hydrogen-bond donors (Lipinski definition) is 0. The van der Waals surface area contributed by atoms with Crippen LogP contribution >= 0.6 is 0 Å². The number of rotatable bonds is 2. The molecule has 0 aliphatic carbocycles. The van der Waals surface area contributed by atoms with Gasteiger partial charge in [0.25, 0.3) is 10.0 Å². The molecule has 0 amide bonds. The van der Waals surface area contributed by atoms with Crippen LogP contribution in [0.3, 0.4) is 0 Å². The molecule has 0 unspecified atom stereocenters. The van der Waals surface area contributed by atoms with Gasteiger partial charge in [-0.15, -0.1) is 6.58 Å². The Balaban J connectivity index is 2.34. The van der Waals surface area contributed by atoms with Crippen LogP contribution in [-0.2, 0) is 8.23 Å². The van der Waals surface area contributed by atoms with Gasteiger partial charge < -0.3 is 8.23 Å². The summed E-state index contributed by atoms with van der Waals surface area (Å²) in [5.74, 6) is 0. The fourth-order valence-corrected chi connectivity index (χ4v) is 5.91. The van der Waals surface area contributed by atoms with Crippen LogP contribution in [0.4, 0.5) is 0 Å². The molecule has 0 N–H and O–H groups in total. The van der Waals surface area contributed by atoms with Crippen LogP contribution in [0.1, 0.15) is 0 Å². The molecule has 2 rings (SSSR count). The molecule has 2 nitrogen and oxygen atoms in total. The van der Waals surface area contributed by atoms with Crippen molar-refractivity contribution in [3.63, 3.8) is 0 Å². The van der Waals surface area contributed by atoms with E-state index in [1.165, 1.54) is 5.19 Å². The third-order valence-corrected chi connectivity index (χ3v) is 8.04. The zero-order valence-electron chi connectivity index (χ0n) is 6.69. The Labute approximate surface area is 75.1 Å². The quantitative estimate of drug-likeness (QED) is 0.622. The van der Waals surface area contributed by atoms with Crippen molar-refractivity contribution in [2.45, 2.75) is 0 Å². The summed E-state index contributed by atoms with van der Waals surface area (Å²) in [7, 11) is -2.73. The summed E-state index contributed by atoms with van der Waals surface area (Å²) < 4.78 is 11.2. The molecule has 0 saturated carbocycles. The molecule has 0 spiro atoms. The molecular formula is C8H10O2Si2. The Hall–Kier alpha value is -0.686. The smallest absolute Gasteiger partial charge is 0.380 e. The van der Waals surface area contributed by atoms with Crippen LogP contribution in [0.5, 0.6) is 0 Å². The summed E-state index contributed by atoms with van der Waals surface area (Å²) in [4.78, 5) is 0. The Morgan fingerprint density at radius 2 is 1.92 bits per heavy atom. The second-order valence-electron chi connectivity index (χ2n) is 2.64. The van der Waals surface area contributed by atoms with Gasteiger partial charge in [-0.25, -0.2) is 0 Å². The van der Waals surface area contributed by atoms with Crippen molar-refractivity contribution in [2.75, 3.05) is 0 Å². The van der Waals surface area contributed by atoms with E-state index in [2.05, 4.69) is 6.58 Å². The van der Waals surface area contributed by atoms with Gasteiger partial charge in [0, 0.05) is 0 Å². The molecule has 1 aliphatic rings. The van der Waals surface area contributed by atoms with Crippen molar-refractivity contribution in [3.8, 4) is 0 Å². The molecule has 0 atom stereocenters. The summed E-state index contributed by atoms with van der Waals surface area (Å²) in [6.07, 6.45) is 0. The van der Waals surface area contributed by atoms with Crippen LogP contribution < -0.4 is 5.19 Å². The summed E-state index contributed by atoms with van der Waals surface area (Å²) in [6.45, 7) is 3.77. The summed E-state index contributed by atoms with van der Waals surface area (Å²) in [6, 6.07) is 10.1. The van der Waals surface area contributed by atoms with Crippen molar-refractivity contribution < 1.29 is 8.23 Å². The largest absolute Gasteiger partial charge is 0.414 e. The lowest BCUT2D eigenvalue weighted by Crippen LogP contribution is -2.62. The lowest BCUT2D eigenvalue weighted by atomic mass is 10.4. The highest BCUT2D eigenvalue weighted by Gasteiger charge is 2.43. The van der Waals surface area contributed by atoms with Crippen LogP contribution in [0.15, 0.2) is 42.6 Å². The van der Waals surface area contributed by atoms with E-state index in [4.69, 9.17) is 8.23 Å². The predicted molar refractivity (Wildman–Crippen MR) is 52.7 cm³/mol. The van der Waals surface area contributed by atoms with E-state index in [0.29, 0.717) is 0 Å². The Kier molecular flexibility index (Phi) is 1.97. The average Bonchev–Trinajstić information content (AvgIpc) is 2.05. The maximum absolute atomic E-state index is 5.59. The molecule has 1 aliphatic heterocycles. The van der Waals surface area contributed by atoms with Gasteiger partial charge in [0.1, 0.15) is 0 Å². The number of benzene rings is 1. The fraction of sp³-hybridized carbons (Fsp3) is 0. The Bertz CT molecular complexity index is 282. The van der Waals surface area contributed by atoms with Gasteiger partial charge in [-0.3, -0.25) is 0 Å². The third-order valence-electron chi connectivity index (χ3n) is 1.99. The second-order valence-corrected chi connectivity index (χ2v) is 7.51. The molecule has 1 aromatic carbocycles. The van der Waals surface area contributed by atoms with E-state index in [1.807, 2.05) is 36.0 Å². The van der Waals surface area contributed by atoms with Gasteiger partial charge in [0.05, 0.1) is 0 Å². The van der Waals surface area contributed by atoms with E-state index in [1.54, 1.807) is 0 Å². The summed E-state index contributed by atoms with van der Waals surface area (Å²) >= 11 is 0. The molecule has 1 saturated heterocycles. The summed E-state index contributed by atoms with van der Waals surface area (Å²) in [5.41, 5.74) is 1.85. The summed E-state index contributed by atoms with van der Waals surface area (Å²) in [5, 5.41) is 1.17. The normalized spacial score (nSPS) is 29.7. The van der Waals surface area contributed by atoms with E-state index >= 15 is 0 Å². The molecule has 12 heavy (non-hydrogen) atoms. The molecule has 4 heteroatoms. The van der Waals surface area contributed by atoms with Crippen LogP contribution in [0, 0.1) is 0 Å². The Morgan fingerprint density at radius 3 is 2.33 bits per heavy atom. The van der Waals surface area contributed by atoms with Gasteiger partial charge in [-0.2, -0.15) is 0 Å². The van der Waals surface area contributed by atoms with E-state index in [9.17, 15) is 0 Å². The second kappa shape index (κ2) is 2.98. The molecule has 0 aromatic heterocycles. The molecule has 0 radical (unpaired) electrons. The van der Waals surface area contributed by atoms with Gasteiger partial charge in [0.2, 0.25) is 0 Å².